The van der Waals surface area contributed by atoms with E-state index in [0.717, 1.165) is 61.3 Å². The lowest BCUT2D eigenvalue weighted by Crippen LogP contribution is -2.11. The fourth-order valence-corrected chi connectivity index (χ4v) is 8.45. The van der Waals surface area contributed by atoms with Crippen molar-refractivity contribution in [3.05, 3.63) is 186 Å². The number of halogens is 1. The van der Waals surface area contributed by atoms with Crippen molar-refractivity contribution in [2.24, 2.45) is 0 Å². The number of aryl methyl sites for hydroxylation is 2. The van der Waals surface area contributed by atoms with Crippen LogP contribution < -0.4 is 4.90 Å². The number of benzene rings is 8. The van der Waals surface area contributed by atoms with Gasteiger partial charge in [-0.15, -0.1) is 0 Å². The zero-order valence-electron chi connectivity index (χ0n) is 29.4. The number of fused-ring (bicyclic) bond motifs is 8. The lowest BCUT2D eigenvalue weighted by atomic mass is 9.88. The van der Waals surface area contributed by atoms with Gasteiger partial charge in [0.05, 0.1) is 22.1 Å². The van der Waals surface area contributed by atoms with Crippen LogP contribution in [0.25, 0.3) is 77.6 Å². The van der Waals surface area contributed by atoms with Crippen LogP contribution in [0, 0.1) is 13.8 Å². The first-order chi connectivity index (χ1) is 26.0. The molecule has 2 heterocycles. The molecule has 0 radical (unpaired) electrons. The number of para-hydroxylation sites is 2. The van der Waals surface area contributed by atoms with Gasteiger partial charge in [0.25, 0.3) is 0 Å². The molecule has 0 spiro atoms. The molecule has 0 N–H and O–H groups in total. The highest BCUT2D eigenvalue weighted by Crippen LogP contribution is 2.54. The second-order valence-corrected chi connectivity index (χ2v) is 14.3. The van der Waals surface area contributed by atoms with Crippen molar-refractivity contribution in [3.63, 3.8) is 0 Å². The average molecular weight is 700 g/mol. The summed E-state index contributed by atoms with van der Waals surface area (Å²) in [5, 5.41) is 2.94. The maximum absolute atomic E-state index is 7.09. The Morgan fingerprint density at radius 3 is 1.81 bits per heavy atom. The van der Waals surface area contributed by atoms with Gasteiger partial charge in [0, 0.05) is 21.9 Å². The Morgan fingerprint density at radius 2 is 1.02 bits per heavy atom. The molecule has 0 fully saturated rings. The van der Waals surface area contributed by atoms with Gasteiger partial charge in [-0.05, 0) is 112 Å². The molecule has 0 unspecified atom stereocenters. The predicted octanol–water partition coefficient (Wildman–Crippen LogP) is 15.0. The predicted molar refractivity (Wildman–Crippen MR) is 224 cm³/mol. The molecule has 0 saturated heterocycles. The van der Waals surface area contributed by atoms with E-state index < -0.39 is 0 Å². The summed E-state index contributed by atoms with van der Waals surface area (Å²) in [5.74, 6) is 0. The highest BCUT2D eigenvalue weighted by molar-refractivity contribution is 6.33. The maximum Gasteiger partial charge on any atom is 0.136 e. The summed E-state index contributed by atoms with van der Waals surface area (Å²) in [6.45, 7) is 4.36. The average Bonchev–Trinajstić information content (AvgIpc) is 3.53. The van der Waals surface area contributed by atoms with Gasteiger partial charge in [0.15, 0.2) is 0 Å². The summed E-state index contributed by atoms with van der Waals surface area (Å²) in [6, 6.07) is 60.8. The first-order valence-electron chi connectivity index (χ1n) is 18.0. The zero-order valence-corrected chi connectivity index (χ0v) is 30.2. The van der Waals surface area contributed by atoms with Gasteiger partial charge in [-0.25, -0.2) is 0 Å². The van der Waals surface area contributed by atoms with E-state index in [9.17, 15) is 0 Å². The molecule has 10 rings (SSSR count). The van der Waals surface area contributed by atoms with Crippen molar-refractivity contribution in [1.82, 2.24) is 0 Å². The van der Waals surface area contributed by atoms with E-state index in [1.807, 2.05) is 24.3 Å². The Bertz CT molecular complexity index is 2900. The van der Waals surface area contributed by atoms with Crippen molar-refractivity contribution < 1.29 is 4.42 Å². The Hall–Kier alpha value is -6.35. The number of nitrogens with zero attached hydrogens (tertiary/aromatic N) is 1. The van der Waals surface area contributed by atoms with Crippen molar-refractivity contribution in [2.75, 3.05) is 4.90 Å². The van der Waals surface area contributed by atoms with Gasteiger partial charge >= 0.3 is 0 Å². The van der Waals surface area contributed by atoms with Gasteiger partial charge in [-0.3, -0.25) is 0 Å². The standard InChI is InChI=1S/C50H34ClNO/c1-31-22-25-39-41(28-31)43-30-34(37-17-11-21-49-50(37)40-16-7-10-20-48(40)53-49)24-27-46(43)52(47-19-9-8-18-44(47)51)45-26-23-33(29-42(39)45)36-14-5-6-15-38(36)35-13-4-3-12-32(35)2/h3-30H,1-2H3. The molecule has 9 aromatic rings. The highest BCUT2D eigenvalue weighted by Gasteiger charge is 2.29. The van der Waals surface area contributed by atoms with Crippen LogP contribution in [0.1, 0.15) is 11.1 Å². The SMILES string of the molecule is Cc1ccc2c(c1)-c1cc(-c3cccc4oc5ccccc5c34)ccc1N(c1ccccc1Cl)c1ccc(-c3ccccc3-c3ccccc3C)cc1-2. The number of rotatable bonds is 4. The Balaban J connectivity index is 1.25. The minimum absolute atomic E-state index is 0.694. The summed E-state index contributed by atoms with van der Waals surface area (Å²) in [5.41, 5.74) is 19.1. The van der Waals surface area contributed by atoms with Crippen LogP contribution in [0.15, 0.2) is 174 Å². The third kappa shape index (κ3) is 5.10. The minimum atomic E-state index is 0.694. The molecule has 1 aliphatic rings. The molecule has 252 valence electrons. The van der Waals surface area contributed by atoms with Crippen molar-refractivity contribution in [2.45, 2.75) is 13.8 Å². The summed E-state index contributed by atoms with van der Waals surface area (Å²) in [4.78, 5) is 2.34. The molecular weight excluding hydrogens is 666 g/mol. The molecule has 0 bridgehead atoms. The van der Waals surface area contributed by atoms with Gasteiger partial charge in [0.2, 0.25) is 0 Å². The van der Waals surface area contributed by atoms with Gasteiger partial charge in [0.1, 0.15) is 11.2 Å². The second kappa shape index (κ2) is 12.4. The van der Waals surface area contributed by atoms with Crippen LogP contribution in [0.5, 0.6) is 0 Å². The number of hydrogen-bond acceptors (Lipinski definition) is 2. The summed E-state index contributed by atoms with van der Waals surface area (Å²) < 4.78 is 6.32. The van der Waals surface area contributed by atoms with E-state index in [1.165, 1.54) is 44.5 Å². The van der Waals surface area contributed by atoms with Crippen molar-refractivity contribution >= 4 is 50.6 Å². The molecule has 1 aliphatic heterocycles. The molecular formula is C50H34ClNO. The molecule has 3 heteroatoms. The van der Waals surface area contributed by atoms with E-state index in [2.05, 4.69) is 164 Å². The molecule has 0 atom stereocenters. The largest absolute Gasteiger partial charge is 0.456 e. The summed E-state index contributed by atoms with van der Waals surface area (Å²) in [6.07, 6.45) is 0. The van der Waals surface area contributed by atoms with Gasteiger partial charge < -0.3 is 9.32 Å². The number of furan rings is 1. The Morgan fingerprint density at radius 1 is 0.415 bits per heavy atom. The molecule has 53 heavy (non-hydrogen) atoms. The lowest BCUT2D eigenvalue weighted by molar-refractivity contribution is 0.669. The normalized spacial score (nSPS) is 12.0. The van der Waals surface area contributed by atoms with Crippen molar-refractivity contribution in [1.29, 1.82) is 0 Å². The second-order valence-electron chi connectivity index (χ2n) is 13.9. The Labute approximate surface area is 314 Å². The topological polar surface area (TPSA) is 16.4 Å². The zero-order chi connectivity index (χ0) is 35.6. The van der Waals surface area contributed by atoms with E-state index >= 15 is 0 Å². The maximum atomic E-state index is 7.09. The van der Waals surface area contributed by atoms with Gasteiger partial charge in [-0.1, -0.05) is 138 Å². The quantitative estimate of drug-likeness (QED) is 0.182. The molecule has 1 aromatic heterocycles. The van der Waals surface area contributed by atoms with Crippen LogP contribution in [0.2, 0.25) is 5.02 Å². The van der Waals surface area contributed by atoms with Gasteiger partial charge in [-0.2, -0.15) is 0 Å². The first kappa shape index (κ1) is 31.4. The molecule has 0 aliphatic carbocycles. The third-order valence-corrected chi connectivity index (χ3v) is 11.0. The fourth-order valence-electron chi connectivity index (χ4n) is 8.23. The first-order valence-corrected chi connectivity index (χ1v) is 18.4. The van der Waals surface area contributed by atoms with Crippen LogP contribution >= 0.6 is 11.6 Å². The van der Waals surface area contributed by atoms with Crippen LogP contribution in [-0.2, 0) is 0 Å². The van der Waals surface area contributed by atoms with Crippen LogP contribution in [-0.4, -0.2) is 0 Å². The van der Waals surface area contributed by atoms with E-state index in [1.54, 1.807) is 0 Å². The van der Waals surface area contributed by atoms with Crippen LogP contribution in [0.4, 0.5) is 17.1 Å². The molecule has 8 aromatic carbocycles. The Kier molecular flexibility index (Phi) is 7.35. The van der Waals surface area contributed by atoms with E-state index in [0.29, 0.717) is 5.02 Å². The van der Waals surface area contributed by atoms with E-state index in [4.69, 9.17) is 16.0 Å². The van der Waals surface area contributed by atoms with Crippen LogP contribution in [0.3, 0.4) is 0 Å². The number of hydrogen-bond donors (Lipinski definition) is 0. The summed E-state index contributed by atoms with van der Waals surface area (Å²) in [7, 11) is 0. The van der Waals surface area contributed by atoms with E-state index in [-0.39, 0.29) is 0 Å². The summed E-state index contributed by atoms with van der Waals surface area (Å²) >= 11 is 7.09. The molecule has 2 nitrogen and oxygen atoms in total. The third-order valence-electron chi connectivity index (χ3n) is 10.7. The van der Waals surface area contributed by atoms with Crippen molar-refractivity contribution in [3.8, 4) is 55.6 Å². The fraction of sp³-hybridized carbons (Fsp3) is 0.0400. The monoisotopic (exact) mass is 699 g/mol. The number of anilines is 3. The molecule has 0 saturated carbocycles. The highest BCUT2D eigenvalue weighted by atomic mass is 35.5. The lowest BCUT2D eigenvalue weighted by Gasteiger charge is -2.28. The minimum Gasteiger partial charge on any atom is -0.456 e. The smallest absolute Gasteiger partial charge is 0.136 e. The molecule has 0 amide bonds.